The van der Waals surface area contributed by atoms with Crippen LogP contribution in [0.4, 0.5) is 0 Å². The third-order valence-corrected chi connectivity index (χ3v) is 12.2. The van der Waals surface area contributed by atoms with Crippen molar-refractivity contribution in [1.82, 2.24) is 0 Å². The van der Waals surface area contributed by atoms with Crippen molar-refractivity contribution in [3.63, 3.8) is 0 Å². The Balaban J connectivity index is 1.39. The number of methoxy groups -OCH3 is 1. The van der Waals surface area contributed by atoms with Gasteiger partial charge in [-0.25, -0.2) is 0 Å². The molecule has 2 aromatic rings. The number of hydrogen-bond acceptors (Lipinski definition) is 8. The number of ketones is 3. The topological polar surface area (TPSA) is 141 Å². The zero-order valence-corrected chi connectivity index (χ0v) is 29.4. The number of aromatic hydroxyl groups is 1. The zero-order valence-electron chi connectivity index (χ0n) is 29.4. The number of phenols is 1. The van der Waals surface area contributed by atoms with Gasteiger partial charge >= 0.3 is 0 Å². The number of aliphatic hydroxyl groups is 3. The first-order valence-electron chi connectivity index (χ1n) is 17.4. The number of fused-ring (bicyclic) bond motifs is 3. The second-order valence-electron chi connectivity index (χ2n) is 15.7. The van der Waals surface area contributed by atoms with E-state index in [0.717, 1.165) is 55.9 Å². The summed E-state index contributed by atoms with van der Waals surface area (Å²) in [5, 5.41) is 46.6. The molecule has 4 aliphatic rings. The van der Waals surface area contributed by atoms with Crippen LogP contribution >= 0.6 is 0 Å². The van der Waals surface area contributed by atoms with Crippen molar-refractivity contribution < 1.29 is 39.5 Å². The Morgan fingerprint density at radius 1 is 1.00 bits per heavy atom. The van der Waals surface area contributed by atoms with E-state index >= 15 is 0 Å². The molecule has 0 aliphatic heterocycles. The summed E-state index contributed by atoms with van der Waals surface area (Å²) in [6, 6.07) is 11.6. The molecule has 0 saturated heterocycles. The summed E-state index contributed by atoms with van der Waals surface area (Å²) in [4.78, 5) is 40.9. The van der Waals surface area contributed by atoms with Crippen LogP contribution in [-0.4, -0.2) is 50.5 Å². The molecule has 0 aromatic heterocycles. The van der Waals surface area contributed by atoms with E-state index in [4.69, 9.17) is 4.74 Å². The van der Waals surface area contributed by atoms with Gasteiger partial charge in [-0.05, 0) is 92.0 Å². The fourth-order valence-corrected chi connectivity index (χ4v) is 10.00. The van der Waals surface area contributed by atoms with Gasteiger partial charge in [-0.1, -0.05) is 64.6 Å². The number of benzene rings is 2. The highest BCUT2D eigenvalue weighted by Gasteiger charge is 2.72. The fourth-order valence-electron chi connectivity index (χ4n) is 10.00. The number of phenolic OH excluding ortho intramolecular Hbond substituents is 1. The van der Waals surface area contributed by atoms with Gasteiger partial charge in [0.1, 0.15) is 22.8 Å². The van der Waals surface area contributed by atoms with E-state index in [2.05, 4.69) is 18.7 Å². The molecule has 8 heteroatoms. The number of aliphatic hydroxyl groups excluding tert-OH is 2. The van der Waals surface area contributed by atoms with Crippen molar-refractivity contribution in [2.24, 2.45) is 34.5 Å². The van der Waals surface area contributed by atoms with Crippen LogP contribution in [-0.2, 0) is 32.0 Å². The first-order chi connectivity index (χ1) is 23.0. The standard InChI is InChI=1S/C41H48O8/c1-21(2)33-35(44)31(22(3)42)37(46)41(48)38(47)34-36(45)32-29(19-39(34,5)20-40(33,41)6)28(16-17-30(32)43)27-14-10-25(11-15-27)18-24-8-12-26(13-9-24)23(4)49-7/h10-11,14-17,21,24,26,33,43,45-46,48H,4,8-9,12-13,18-20H2,1-3,5-7H3/t24?,26?,33?,39-,40-,41+/m1/s1. The molecule has 0 bridgehead atoms. The largest absolute Gasteiger partial charge is 0.508 e. The highest BCUT2D eigenvalue weighted by Crippen LogP contribution is 2.65. The third kappa shape index (κ3) is 5.08. The number of carbonyl (C=O) groups excluding carboxylic acids is 3. The van der Waals surface area contributed by atoms with Gasteiger partial charge in [0, 0.05) is 28.2 Å². The lowest BCUT2D eigenvalue weighted by atomic mass is 9.43. The Bertz CT molecular complexity index is 1820. The van der Waals surface area contributed by atoms with E-state index in [-0.39, 0.29) is 35.6 Å². The molecular formula is C41H48O8. The average molecular weight is 669 g/mol. The lowest BCUT2D eigenvalue weighted by Gasteiger charge is -2.59. The Hall–Kier alpha value is -4.17. The highest BCUT2D eigenvalue weighted by atomic mass is 16.5. The summed E-state index contributed by atoms with van der Waals surface area (Å²) in [6.07, 6.45) is 5.63. The predicted molar refractivity (Wildman–Crippen MR) is 187 cm³/mol. The molecular weight excluding hydrogens is 620 g/mol. The fraction of sp³-hybridized carbons (Fsp3) is 0.488. The summed E-state index contributed by atoms with van der Waals surface area (Å²) < 4.78 is 5.37. The van der Waals surface area contributed by atoms with E-state index in [0.29, 0.717) is 17.4 Å². The van der Waals surface area contributed by atoms with Crippen molar-refractivity contribution in [2.75, 3.05) is 7.11 Å². The summed E-state index contributed by atoms with van der Waals surface area (Å²) in [5.41, 5.74) is -2.23. The molecule has 4 atom stereocenters. The first kappa shape index (κ1) is 34.7. The van der Waals surface area contributed by atoms with Gasteiger partial charge in [-0.3, -0.25) is 14.4 Å². The molecule has 4 N–H and O–H groups in total. The number of carbonyl (C=O) groups is 3. The van der Waals surface area contributed by atoms with Crippen LogP contribution in [0, 0.1) is 34.5 Å². The van der Waals surface area contributed by atoms with Crippen LogP contribution in [0.1, 0.15) is 83.4 Å². The molecule has 2 saturated carbocycles. The van der Waals surface area contributed by atoms with Gasteiger partial charge in [0.25, 0.3) is 0 Å². The van der Waals surface area contributed by atoms with Gasteiger partial charge in [-0.2, -0.15) is 0 Å². The SMILES string of the molecule is C=C(OC)C1CCC(Cc2ccc(-c3ccc(O)c4c3C[C@]3(C)C[C@]5(C)C(C(C)C)C(=O)C(C(C)=O)=C(O)[C@]5(O)C(=O)C3=C4O)cc2)CC1. The van der Waals surface area contributed by atoms with Crippen molar-refractivity contribution >= 4 is 23.1 Å². The number of ether oxygens (including phenoxy) is 1. The minimum atomic E-state index is -2.63. The molecule has 260 valence electrons. The van der Waals surface area contributed by atoms with Crippen LogP contribution < -0.4 is 0 Å². The zero-order chi connectivity index (χ0) is 35.8. The van der Waals surface area contributed by atoms with Gasteiger partial charge in [-0.15, -0.1) is 0 Å². The normalized spacial score (nSPS) is 31.3. The van der Waals surface area contributed by atoms with Gasteiger partial charge in [0.15, 0.2) is 17.2 Å². The Labute approximate surface area is 288 Å². The second-order valence-corrected chi connectivity index (χ2v) is 15.7. The van der Waals surface area contributed by atoms with E-state index in [1.165, 1.54) is 11.6 Å². The minimum absolute atomic E-state index is 0.0545. The molecule has 0 spiro atoms. The molecule has 0 radical (unpaired) electrons. The molecule has 2 aromatic carbocycles. The summed E-state index contributed by atoms with van der Waals surface area (Å²) >= 11 is 0. The molecule has 1 unspecified atom stereocenters. The Morgan fingerprint density at radius 3 is 2.20 bits per heavy atom. The second kappa shape index (κ2) is 12.0. The van der Waals surface area contributed by atoms with Crippen LogP contribution in [0.15, 0.2) is 65.6 Å². The van der Waals surface area contributed by atoms with Crippen LogP contribution in [0.5, 0.6) is 5.75 Å². The van der Waals surface area contributed by atoms with E-state index in [1.54, 1.807) is 27.9 Å². The number of hydrogen-bond donors (Lipinski definition) is 4. The molecule has 49 heavy (non-hydrogen) atoms. The Kier molecular flexibility index (Phi) is 8.50. The molecule has 8 nitrogen and oxygen atoms in total. The number of allylic oxidation sites excluding steroid dienone is 2. The van der Waals surface area contributed by atoms with Crippen LogP contribution in [0.3, 0.4) is 0 Å². The maximum absolute atomic E-state index is 14.6. The lowest BCUT2D eigenvalue weighted by Crippen LogP contribution is -2.69. The van der Waals surface area contributed by atoms with Crippen LogP contribution in [0.25, 0.3) is 16.9 Å². The predicted octanol–water partition coefficient (Wildman–Crippen LogP) is 7.37. The quantitative estimate of drug-likeness (QED) is 0.177. The molecule has 2 fully saturated rings. The van der Waals surface area contributed by atoms with Crippen molar-refractivity contribution in [1.29, 1.82) is 0 Å². The highest BCUT2D eigenvalue weighted by molar-refractivity contribution is 6.24. The van der Waals surface area contributed by atoms with E-state index < -0.39 is 56.8 Å². The smallest absolute Gasteiger partial charge is 0.203 e. The molecule has 0 amide bonds. The van der Waals surface area contributed by atoms with Gasteiger partial charge in [0.05, 0.1) is 18.4 Å². The van der Waals surface area contributed by atoms with E-state index in [1.807, 2.05) is 25.1 Å². The summed E-state index contributed by atoms with van der Waals surface area (Å²) in [7, 11) is 1.68. The third-order valence-electron chi connectivity index (χ3n) is 12.2. The lowest BCUT2D eigenvalue weighted by molar-refractivity contribution is -0.178. The first-order valence-corrected chi connectivity index (χ1v) is 17.4. The number of rotatable bonds is 7. The van der Waals surface area contributed by atoms with Crippen molar-refractivity contribution in [3.05, 3.63) is 82.3 Å². The summed E-state index contributed by atoms with van der Waals surface area (Å²) in [6.45, 7) is 12.2. The molecule has 0 heterocycles. The maximum atomic E-state index is 14.6. The molecule has 6 rings (SSSR count). The van der Waals surface area contributed by atoms with Crippen LogP contribution in [0.2, 0.25) is 0 Å². The van der Waals surface area contributed by atoms with Crippen molar-refractivity contribution in [3.8, 4) is 16.9 Å². The molecule has 4 aliphatic carbocycles. The van der Waals surface area contributed by atoms with E-state index in [9.17, 15) is 34.8 Å². The Morgan fingerprint density at radius 2 is 1.63 bits per heavy atom. The minimum Gasteiger partial charge on any atom is -0.508 e. The summed E-state index contributed by atoms with van der Waals surface area (Å²) in [5.74, 6) is -3.41. The monoisotopic (exact) mass is 668 g/mol. The van der Waals surface area contributed by atoms with Gasteiger partial charge < -0.3 is 25.2 Å². The van der Waals surface area contributed by atoms with Crippen molar-refractivity contribution in [2.45, 2.75) is 85.2 Å². The number of Topliss-reactive ketones (excluding diaryl/α,β-unsaturated/α-hetero) is 3. The van der Waals surface area contributed by atoms with Gasteiger partial charge in [0.2, 0.25) is 5.78 Å². The maximum Gasteiger partial charge on any atom is 0.203 e. The average Bonchev–Trinajstić information content (AvgIpc) is 3.03.